The summed E-state index contributed by atoms with van der Waals surface area (Å²) in [5.41, 5.74) is -0.146. The molecule has 48 heavy (non-hydrogen) atoms. The average Bonchev–Trinajstić information content (AvgIpc) is 3.28. The number of piperidine rings is 1. The van der Waals surface area contributed by atoms with Gasteiger partial charge in [0.2, 0.25) is 0 Å². The fourth-order valence-corrected chi connectivity index (χ4v) is 13.2. The molecule has 1 amide bonds. The van der Waals surface area contributed by atoms with Crippen molar-refractivity contribution < 1.29 is 32.7 Å². The van der Waals surface area contributed by atoms with Crippen LogP contribution in [0, 0.1) is 28.6 Å². The highest BCUT2D eigenvalue weighted by Gasteiger charge is 2.67. The number of likely N-dealkylation sites (tertiary alicyclic amines) is 1. The van der Waals surface area contributed by atoms with Gasteiger partial charge in [0.1, 0.15) is 12.4 Å². The van der Waals surface area contributed by atoms with Crippen molar-refractivity contribution in [1.82, 2.24) is 10.2 Å². The summed E-state index contributed by atoms with van der Waals surface area (Å²) in [4.78, 5) is 26.8. The molecular weight excluding hydrogens is 631 g/mol. The number of carbonyl (C=O) groups excluding carboxylic acids is 1. The lowest BCUT2D eigenvalue weighted by molar-refractivity contribution is -0.205. The molecule has 1 aromatic heterocycles. The molecule has 0 unspecified atom stereocenters. The Kier molecular flexibility index (Phi) is 10.4. The minimum atomic E-state index is -3.24. The number of nitrogens with zero attached hydrogens (tertiary/aromatic N) is 1. The number of ether oxygens (including phenoxy) is 1. The summed E-state index contributed by atoms with van der Waals surface area (Å²) in [6.07, 6.45) is 11.1. The quantitative estimate of drug-likeness (QED) is 0.254. The van der Waals surface area contributed by atoms with Crippen LogP contribution in [0.5, 0.6) is 0 Å². The standard InChI is InChI=1S/C37H59N2O8P/c1-24(2)46-48(43,47-25(3)4)23-39-19-14-28(15-20-39)38-34(41)45-29-11-16-35(5)27(21-29)8-9-32-31(35)12-17-36(6)30(13-18-37(32,36)42)26-7-10-33(40)44-22-26/h7,10,22,24-25,27-32,42H,8-9,11-21,23H2,1-6H3,(H,38,41)/t27-,29+,30-,31+,32-,35+,36-,37+/m1/s1. The number of amides is 1. The van der Waals surface area contributed by atoms with Crippen molar-refractivity contribution >= 4 is 13.7 Å². The van der Waals surface area contributed by atoms with Crippen molar-refractivity contribution in [2.75, 3.05) is 19.4 Å². The van der Waals surface area contributed by atoms with Crippen molar-refractivity contribution in [3.05, 3.63) is 34.4 Å². The highest BCUT2D eigenvalue weighted by molar-refractivity contribution is 7.53. The van der Waals surface area contributed by atoms with Crippen LogP contribution in [-0.2, 0) is 18.3 Å². The van der Waals surface area contributed by atoms with Crippen molar-refractivity contribution in [3.63, 3.8) is 0 Å². The first-order valence-electron chi connectivity index (χ1n) is 18.6. The Morgan fingerprint density at radius 3 is 2.33 bits per heavy atom. The lowest BCUT2D eigenvalue weighted by atomic mass is 9.43. The summed E-state index contributed by atoms with van der Waals surface area (Å²) >= 11 is 0. The normalized spacial score (nSPS) is 37.6. The predicted molar refractivity (Wildman–Crippen MR) is 184 cm³/mol. The maximum absolute atomic E-state index is 13.3. The van der Waals surface area contributed by atoms with Gasteiger partial charge in [-0.05, 0) is 139 Å². The van der Waals surface area contributed by atoms with E-state index in [2.05, 4.69) is 24.1 Å². The second-order valence-corrected chi connectivity index (χ2v) is 18.7. The molecule has 270 valence electrons. The molecule has 4 aliphatic carbocycles. The summed E-state index contributed by atoms with van der Waals surface area (Å²) in [7, 11) is -3.24. The predicted octanol–water partition coefficient (Wildman–Crippen LogP) is 7.44. The van der Waals surface area contributed by atoms with Crippen LogP contribution in [0.2, 0.25) is 0 Å². The summed E-state index contributed by atoms with van der Waals surface area (Å²) < 4.78 is 36.1. The molecular formula is C37H59N2O8P. The van der Waals surface area contributed by atoms with E-state index in [-0.39, 0.29) is 65.0 Å². The third kappa shape index (κ3) is 6.95. The van der Waals surface area contributed by atoms with Crippen molar-refractivity contribution in [3.8, 4) is 0 Å². The molecule has 2 heterocycles. The number of rotatable bonds is 9. The van der Waals surface area contributed by atoms with Gasteiger partial charge >= 0.3 is 19.3 Å². The minimum absolute atomic E-state index is 0.0221. The molecule has 0 aromatic carbocycles. The van der Waals surface area contributed by atoms with Crippen LogP contribution >= 0.6 is 7.60 Å². The zero-order valence-electron chi connectivity index (χ0n) is 29.9. The van der Waals surface area contributed by atoms with Gasteiger partial charge in [-0.15, -0.1) is 0 Å². The molecule has 0 bridgehead atoms. The molecule has 0 radical (unpaired) electrons. The minimum Gasteiger partial charge on any atom is -0.446 e. The number of hydrogen-bond acceptors (Lipinski definition) is 9. The maximum atomic E-state index is 13.3. The molecule has 11 heteroatoms. The zero-order valence-corrected chi connectivity index (χ0v) is 30.8. The number of alkyl carbamates (subject to hydrolysis) is 1. The van der Waals surface area contributed by atoms with Gasteiger partial charge in [-0.25, -0.2) is 9.59 Å². The fraction of sp³-hybridized carbons (Fsp3) is 0.838. The van der Waals surface area contributed by atoms with E-state index in [9.17, 15) is 19.3 Å². The van der Waals surface area contributed by atoms with Gasteiger partial charge in [0.15, 0.2) is 0 Å². The van der Waals surface area contributed by atoms with E-state index in [1.54, 1.807) is 6.26 Å². The molecule has 1 saturated heterocycles. The van der Waals surface area contributed by atoms with E-state index >= 15 is 0 Å². The topological polar surface area (TPSA) is 128 Å². The second-order valence-electron chi connectivity index (χ2n) is 16.8. The molecule has 4 saturated carbocycles. The van der Waals surface area contributed by atoms with Gasteiger partial charge in [0.05, 0.1) is 24.1 Å². The molecule has 0 spiro atoms. The Morgan fingerprint density at radius 2 is 1.69 bits per heavy atom. The first-order chi connectivity index (χ1) is 22.6. The monoisotopic (exact) mass is 690 g/mol. The molecule has 5 fully saturated rings. The molecule has 5 aliphatic rings. The highest BCUT2D eigenvalue weighted by atomic mass is 31.2. The van der Waals surface area contributed by atoms with Gasteiger partial charge in [-0.2, -0.15) is 0 Å². The summed E-state index contributed by atoms with van der Waals surface area (Å²) in [5, 5.41) is 15.6. The van der Waals surface area contributed by atoms with E-state index in [0.29, 0.717) is 24.9 Å². The lowest BCUT2D eigenvalue weighted by Crippen LogP contribution is -2.62. The molecule has 8 atom stereocenters. The molecule has 2 N–H and O–H groups in total. The van der Waals surface area contributed by atoms with E-state index in [1.165, 1.54) is 6.07 Å². The Labute approximate surface area is 286 Å². The molecule has 6 rings (SSSR count). The van der Waals surface area contributed by atoms with Crippen LogP contribution in [0.3, 0.4) is 0 Å². The Morgan fingerprint density at radius 1 is 0.979 bits per heavy atom. The van der Waals surface area contributed by atoms with Gasteiger partial charge in [0, 0.05) is 30.6 Å². The highest BCUT2D eigenvalue weighted by Crippen LogP contribution is 2.70. The third-order valence-electron chi connectivity index (χ3n) is 13.2. The summed E-state index contributed by atoms with van der Waals surface area (Å²) in [5.74, 6) is 1.37. The number of carbonyl (C=O) groups is 1. The zero-order chi connectivity index (χ0) is 34.5. The SMILES string of the molecule is CC(C)OP(=O)(CN1CCC(NC(=O)O[C@H]2CC[C@@]3(C)[C@H](CC[C@@H]4[C@@H]3CC[C@]3(C)[C@@H](c5ccc(=O)oc5)CC[C@]43O)C2)CC1)OC(C)C. The van der Waals surface area contributed by atoms with E-state index in [0.717, 1.165) is 76.2 Å². The van der Waals surface area contributed by atoms with Crippen LogP contribution in [0.15, 0.2) is 27.6 Å². The van der Waals surface area contributed by atoms with E-state index in [1.807, 2.05) is 33.8 Å². The largest absolute Gasteiger partial charge is 0.446 e. The second kappa shape index (κ2) is 13.8. The number of nitrogens with one attached hydrogen (secondary N) is 1. The smallest absolute Gasteiger partial charge is 0.407 e. The first-order valence-corrected chi connectivity index (χ1v) is 20.3. The van der Waals surface area contributed by atoms with Gasteiger partial charge in [-0.1, -0.05) is 13.8 Å². The van der Waals surface area contributed by atoms with Crippen molar-refractivity contribution in [2.24, 2.45) is 28.6 Å². The Hall–Kier alpha value is -1.71. The third-order valence-corrected chi connectivity index (χ3v) is 15.5. The van der Waals surface area contributed by atoms with E-state index < -0.39 is 13.2 Å². The van der Waals surface area contributed by atoms with Crippen LogP contribution in [0.1, 0.15) is 124 Å². The molecule has 10 nitrogen and oxygen atoms in total. The Balaban J connectivity index is 1.00. The maximum Gasteiger partial charge on any atom is 0.407 e. The summed E-state index contributed by atoms with van der Waals surface area (Å²) in [6, 6.07) is 3.42. The van der Waals surface area contributed by atoms with Crippen molar-refractivity contribution in [2.45, 2.75) is 148 Å². The van der Waals surface area contributed by atoms with E-state index in [4.69, 9.17) is 18.2 Å². The first kappa shape index (κ1) is 36.1. The number of hydrogen-bond donors (Lipinski definition) is 2. The van der Waals surface area contributed by atoms with Crippen LogP contribution < -0.4 is 10.9 Å². The van der Waals surface area contributed by atoms with Crippen molar-refractivity contribution in [1.29, 1.82) is 0 Å². The van der Waals surface area contributed by atoms with Gasteiger partial charge in [0.25, 0.3) is 0 Å². The summed E-state index contributed by atoms with van der Waals surface area (Å²) in [6.45, 7) is 13.6. The average molecular weight is 691 g/mol. The lowest BCUT2D eigenvalue weighted by Gasteiger charge is -2.63. The van der Waals surface area contributed by atoms with Gasteiger partial charge in [-0.3, -0.25) is 9.46 Å². The molecule has 1 aliphatic heterocycles. The number of aliphatic hydroxyl groups is 1. The Bertz CT molecular complexity index is 1380. The van der Waals surface area contributed by atoms with Gasteiger partial charge < -0.3 is 28.6 Å². The van der Waals surface area contributed by atoms with Crippen LogP contribution in [0.4, 0.5) is 4.79 Å². The van der Waals surface area contributed by atoms with Crippen LogP contribution in [-0.4, -0.2) is 65.4 Å². The molecule has 1 aromatic rings. The number of fused-ring (bicyclic) bond motifs is 5. The fourth-order valence-electron chi connectivity index (χ4n) is 10.9. The van der Waals surface area contributed by atoms with Crippen LogP contribution in [0.25, 0.3) is 0 Å².